The standard InChI is InChI=1S/C21H22N6O6S/c1-2-32-21(29)26-11-13-27(14-12-26)34(30,31)16-8-6-15(7-9-16)18(28)23-20-25-24-19(33-20)17-5-3-4-10-22-17/h3-10H,2,11-14H2,1H3,(H,23,25,28). The first-order valence-corrected chi connectivity index (χ1v) is 11.9. The fourth-order valence-corrected chi connectivity index (χ4v) is 4.71. The molecular formula is C21H22N6O6S. The first-order valence-electron chi connectivity index (χ1n) is 10.5. The van der Waals surface area contributed by atoms with E-state index in [4.69, 9.17) is 9.15 Å². The molecule has 0 spiro atoms. The van der Waals surface area contributed by atoms with Crippen molar-refractivity contribution in [3.63, 3.8) is 0 Å². The highest BCUT2D eigenvalue weighted by molar-refractivity contribution is 7.89. The van der Waals surface area contributed by atoms with Crippen LogP contribution in [-0.4, -0.2) is 77.6 Å². The molecule has 2 amide bonds. The van der Waals surface area contributed by atoms with Crippen LogP contribution in [0.1, 0.15) is 17.3 Å². The van der Waals surface area contributed by atoms with E-state index in [1.54, 1.807) is 31.3 Å². The largest absolute Gasteiger partial charge is 0.450 e. The summed E-state index contributed by atoms with van der Waals surface area (Å²) in [6.07, 6.45) is 1.12. The normalized spacial score (nSPS) is 14.6. The minimum Gasteiger partial charge on any atom is -0.450 e. The van der Waals surface area contributed by atoms with Crippen LogP contribution in [0.3, 0.4) is 0 Å². The van der Waals surface area contributed by atoms with E-state index in [9.17, 15) is 18.0 Å². The van der Waals surface area contributed by atoms with Crippen molar-refractivity contribution in [2.45, 2.75) is 11.8 Å². The van der Waals surface area contributed by atoms with Crippen LogP contribution >= 0.6 is 0 Å². The molecule has 1 aliphatic rings. The van der Waals surface area contributed by atoms with Crippen LogP contribution in [0, 0.1) is 0 Å². The van der Waals surface area contributed by atoms with Gasteiger partial charge in [-0.3, -0.25) is 15.1 Å². The monoisotopic (exact) mass is 486 g/mol. The predicted octanol–water partition coefficient (Wildman–Crippen LogP) is 1.85. The van der Waals surface area contributed by atoms with Crippen molar-refractivity contribution in [1.82, 2.24) is 24.4 Å². The number of hydrogen-bond donors (Lipinski definition) is 1. The Balaban J connectivity index is 1.38. The van der Waals surface area contributed by atoms with Gasteiger partial charge >= 0.3 is 12.1 Å². The number of sulfonamides is 1. The van der Waals surface area contributed by atoms with Crippen molar-refractivity contribution in [2.24, 2.45) is 0 Å². The van der Waals surface area contributed by atoms with Crippen molar-refractivity contribution in [3.05, 3.63) is 54.2 Å². The summed E-state index contributed by atoms with van der Waals surface area (Å²) in [4.78, 5) is 29.9. The van der Waals surface area contributed by atoms with Crippen LogP contribution in [-0.2, 0) is 14.8 Å². The van der Waals surface area contributed by atoms with Crippen LogP contribution in [0.15, 0.2) is 58.0 Å². The molecule has 1 N–H and O–H groups in total. The summed E-state index contributed by atoms with van der Waals surface area (Å²) in [5.74, 6) is -0.386. The number of anilines is 1. The molecule has 34 heavy (non-hydrogen) atoms. The predicted molar refractivity (Wildman–Crippen MR) is 119 cm³/mol. The molecule has 1 saturated heterocycles. The van der Waals surface area contributed by atoms with E-state index in [-0.39, 0.29) is 55.2 Å². The molecule has 3 heterocycles. The Morgan fingerprint density at radius 1 is 1.06 bits per heavy atom. The second-order valence-corrected chi connectivity index (χ2v) is 9.13. The van der Waals surface area contributed by atoms with Gasteiger partial charge in [-0.1, -0.05) is 11.2 Å². The number of carbonyl (C=O) groups is 2. The maximum absolute atomic E-state index is 13.0. The van der Waals surface area contributed by atoms with Gasteiger partial charge < -0.3 is 14.1 Å². The topological polar surface area (TPSA) is 148 Å². The smallest absolute Gasteiger partial charge is 0.409 e. The number of aromatic nitrogens is 3. The lowest BCUT2D eigenvalue weighted by Gasteiger charge is -2.33. The molecule has 2 aromatic heterocycles. The number of pyridine rings is 1. The van der Waals surface area contributed by atoms with E-state index in [1.807, 2.05) is 0 Å². The molecule has 0 atom stereocenters. The summed E-state index contributed by atoms with van der Waals surface area (Å²) < 4.78 is 37.6. The number of amides is 2. The second kappa shape index (κ2) is 9.97. The average molecular weight is 487 g/mol. The fourth-order valence-electron chi connectivity index (χ4n) is 3.29. The number of carbonyl (C=O) groups excluding carboxylic acids is 2. The molecule has 3 aromatic rings. The van der Waals surface area contributed by atoms with E-state index in [1.165, 1.54) is 33.5 Å². The molecule has 1 fully saturated rings. The number of nitrogens with one attached hydrogen (secondary N) is 1. The van der Waals surface area contributed by atoms with Gasteiger partial charge in [-0.15, -0.1) is 5.10 Å². The van der Waals surface area contributed by atoms with Crippen LogP contribution in [0.5, 0.6) is 0 Å². The third-order valence-electron chi connectivity index (χ3n) is 5.05. The van der Waals surface area contributed by atoms with Crippen molar-refractivity contribution < 1.29 is 27.2 Å². The van der Waals surface area contributed by atoms with Crippen molar-refractivity contribution in [1.29, 1.82) is 0 Å². The third-order valence-corrected chi connectivity index (χ3v) is 6.96. The lowest BCUT2D eigenvalue weighted by atomic mass is 10.2. The van der Waals surface area contributed by atoms with Gasteiger partial charge in [0.05, 0.1) is 11.5 Å². The van der Waals surface area contributed by atoms with Gasteiger partial charge in [-0.2, -0.15) is 4.31 Å². The number of benzene rings is 1. The number of piperazine rings is 1. The number of rotatable bonds is 6. The first-order chi connectivity index (χ1) is 16.4. The van der Waals surface area contributed by atoms with Crippen LogP contribution in [0.25, 0.3) is 11.6 Å². The third kappa shape index (κ3) is 5.05. The Bertz CT molecular complexity index is 1250. The van der Waals surface area contributed by atoms with Gasteiger partial charge in [-0.25, -0.2) is 13.2 Å². The van der Waals surface area contributed by atoms with Crippen molar-refractivity contribution >= 4 is 28.0 Å². The van der Waals surface area contributed by atoms with E-state index < -0.39 is 22.0 Å². The van der Waals surface area contributed by atoms with E-state index in [0.29, 0.717) is 5.69 Å². The molecule has 0 unspecified atom stereocenters. The summed E-state index contributed by atoms with van der Waals surface area (Å²) in [6, 6.07) is 10.6. The Labute approximate surface area is 195 Å². The maximum atomic E-state index is 13.0. The summed E-state index contributed by atoms with van der Waals surface area (Å²) in [5.41, 5.74) is 0.678. The molecule has 1 aromatic carbocycles. The minimum absolute atomic E-state index is 0.0452. The lowest BCUT2D eigenvalue weighted by Crippen LogP contribution is -2.50. The van der Waals surface area contributed by atoms with Gasteiger partial charge in [0, 0.05) is 37.9 Å². The summed E-state index contributed by atoms with van der Waals surface area (Å²) in [5, 5.41) is 10.1. The average Bonchev–Trinajstić information content (AvgIpc) is 3.33. The quantitative estimate of drug-likeness (QED) is 0.551. The van der Waals surface area contributed by atoms with Gasteiger partial charge in [0.15, 0.2) is 0 Å². The van der Waals surface area contributed by atoms with Crippen molar-refractivity contribution in [2.75, 3.05) is 38.1 Å². The van der Waals surface area contributed by atoms with Gasteiger partial charge in [-0.05, 0) is 43.3 Å². The molecule has 0 saturated carbocycles. The Morgan fingerprint density at radius 2 is 1.79 bits per heavy atom. The van der Waals surface area contributed by atoms with Gasteiger partial charge in [0.1, 0.15) is 5.69 Å². The van der Waals surface area contributed by atoms with Crippen LogP contribution in [0.2, 0.25) is 0 Å². The lowest BCUT2D eigenvalue weighted by molar-refractivity contribution is 0.0933. The highest BCUT2D eigenvalue weighted by Crippen LogP contribution is 2.20. The highest BCUT2D eigenvalue weighted by Gasteiger charge is 2.30. The Morgan fingerprint density at radius 3 is 2.44 bits per heavy atom. The zero-order valence-corrected chi connectivity index (χ0v) is 19.1. The number of nitrogens with zero attached hydrogens (tertiary/aromatic N) is 5. The van der Waals surface area contributed by atoms with E-state index >= 15 is 0 Å². The van der Waals surface area contributed by atoms with Crippen molar-refractivity contribution in [3.8, 4) is 11.6 Å². The number of hydrogen-bond acceptors (Lipinski definition) is 9. The van der Waals surface area contributed by atoms with Gasteiger partial charge in [0.2, 0.25) is 10.0 Å². The first kappa shape index (κ1) is 23.3. The second-order valence-electron chi connectivity index (χ2n) is 7.20. The highest BCUT2D eigenvalue weighted by atomic mass is 32.2. The molecule has 1 aliphatic heterocycles. The summed E-state index contributed by atoms with van der Waals surface area (Å²) >= 11 is 0. The van der Waals surface area contributed by atoms with E-state index in [2.05, 4.69) is 20.5 Å². The molecule has 12 nitrogen and oxygen atoms in total. The van der Waals surface area contributed by atoms with Crippen LogP contribution in [0.4, 0.5) is 10.8 Å². The zero-order chi connectivity index (χ0) is 24.1. The molecule has 0 radical (unpaired) electrons. The molecule has 178 valence electrons. The molecular weight excluding hydrogens is 464 g/mol. The molecule has 4 rings (SSSR count). The zero-order valence-electron chi connectivity index (χ0n) is 18.2. The summed E-state index contributed by atoms with van der Waals surface area (Å²) in [7, 11) is -3.78. The molecule has 0 aliphatic carbocycles. The summed E-state index contributed by atoms with van der Waals surface area (Å²) in [6.45, 7) is 2.75. The Kier molecular flexibility index (Phi) is 6.84. The minimum atomic E-state index is -3.78. The SMILES string of the molecule is CCOC(=O)N1CCN(S(=O)(=O)c2ccc(C(=O)Nc3nnc(-c4ccccn4)o3)cc2)CC1. The number of ether oxygens (including phenoxy) is 1. The molecule has 13 heteroatoms. The fraction of sp³-hybridized carbons (Fsp3) is 0.286. The van der Waals surface area contributed by atoms with Crippen LogP contribution < -0.4 is 5.32 Å². The molecule has 0 bridgehead atoms. The van der Waals surface area contributed by atoms with E-state index in [0.717, 1.165) is 0 Å². The maximum Gasteiger partial charge on any atom is 0.409 e. The van der Waals surface area contributed by atoms with Gasteiger partial charge in [0.25, 0.3) is 11.8 Å². The Hall–Kier alpha value is -3.84.